The van der Waals surface area contributed by atoms with Gasteiger partial charge in [-0.3, -0.25) is 9.59 Å². The largest absolute Gasteiger partial charge is 0.462 e. The third-order valence-corrected chi connectivity index (χ3v) is 6.59. The predicted molar refractivity (Wildman–Crippen MR) is 112 cm³/mol. The van der Waals surface area contributed by atoms with Crippen LogP contribution in [0.4, 0.5) is 0 Å². The van der Waals surface area contributed by atoms with Gasteiger partial charge < -0.3 is 18.9 Å². The van der Waals surface area contributed by atoms with E-state index in [-0.39, 0.29) is 19.1 Å². The number of benzene rings is 2. The van der Waals surface area contributed by atoms with Gasteiger partial charge in [-0.15, -0.1) is 0 Å². The fourth-order valence-electron chi connectivity index (χ4n) is 5.14. The molecule has 0 spiro atoms. The van der Waals surface area contributed by atoms with Crippen molar-refractivity contribution >= 4 is 23.9 Å². The minimum Gasteiger partial charge on any atom is -0.462 e. The van der Waals surface area contributed by atoms with Gasteiger partial charge in [-0.05, 0) is 37.6 Å². The first-order chi connectivity index (χ1) is 15.9. The molecule has 3 saturated heterocycles. The monoisotopic (exact) mass is 450 g/mol. The third kappa shape index (κ3) is 3.70. The molecule has 0 saturated carbocycles. The van der Waals surface area contributed by atoms with Gasteiger partial charge in [0.05, 0.1) is 23.8 Å². The van der Waals surface area contributed by atoms with Crippen LogP contribution in [0, 0.1) is 24.7 Å². The molecule has 5 rings (SSSR count). The van der Waals surface area contributed by atoms with Crippen LogP contribution >= 0.6 is 0 Å². The minimum atomic E-state index is -1.19. The van der Waals surface area contributed by atoms with E-state index >= 15 is 0 Å². The van der Waals surface area contributed by atoms with Crippen LogP contribution in [0.5, 0.6) is 0 Å². The Kier molecular flexibility index (Phi) is 5.25. The van der Waals surface area contributed by atoms with Crippen LogP contribution < -0.4 is 0 Å². The van der Waals surface area contributed by atoms with Gasteiger partial charge in [-0.25, -0.2) is 9.59 Å². The summed E-state index contributed by atoms with van der Waals surface area (Å²) in [5.41, 5.74) is 0.513. The maximum Gasteiger partial charge on any atom is 0.338 e. The summed E-state index contributed by atoms with van der Waals surface area (Å²) in [6.07, 6.45) is -0.361. The molecule has 3 aliphatic heterocycles. The zero-order chi connectivity index (χ0) is 23.2. The Bertz CT molecular complexity index is 1130. The molecular weight excluding hydrogens is 428 g/mol. The van der Waals surface area contributed by atoms with Crippen LogP contribution in [0.25, 0.3) is 0 Å². The van der Waals surface area contributed by atoms with Crippen LogP contribution in [0.2, 0.25) is 0 Å². The zero-order valence-corrected chi connectivity index (χ0v) is 17.9. The SMILES string of the molecule is Cc1cccc(C(=O)OC[C@@]23C[C@H](COC(=O)c4ccccc4)[C@H](O2)C2C(=O)OC(=O)C23)c1. The van der Waals surface area contributed by atoms with E-state index in [1.807, 2.05) is 13.0 Å². The highest BCUT2D eigenvalue weighted by molar-refractivity contribution is 5.98. The third-order valence-electron chi connectivity index (χ3n) is 6.59. The average molecular weight is 450 g/mol. The van der Waals surface area contributed by atoms with E-state index in [4.69, 9.17) is 18.9 Å². The number of aryl methyl sites for hydroxylation is 1. The Hall–Kier alpha value is -3.52. The molecule has 2 bridgehead atoms. The van der Waals surface area contributed by atoms with Crippen molar-refractivity contribution < 1.29 is 38.1 Å². The quantitative estimate of drug-likeness (QED) is 0.376. The average Bonchev–Trinajstić information content (AvgIpc) is 3.45. The Balaban J connectivity index is 1.31. The van der Waals surface area contributed by atoms with Crippen LogP contribution in [-0.2, 0) is 28.5 Å². The van der Waals surface area contributed by atoms with E-state index < -0.39 is 47.4 Å². The van der Waals surface area contributed by atoms with E-state index in [9.17, 15) is 19.2 Å². The van der Waals surface area contributed by atoms with E-state index in [1.165, 1.54) is 0 Å². The fourth-order valence-corrected chi connectivity index (χ4v) is 5.14. The van der Waals surface area contributed by atoms with Gasteiger partial charge in [0.1, 0.15) is 24.0 Å². The maximum absolute atomic E-state index is 12.6. The maximum atomic E-state index is 12.6. The molecule has 0 amide bonds. The zero-order valence-electron chi connectivity index (χ0n) is 17.9. The summed E-state index contributed by atoms with van der Waals surface area (Å²) in [6.45, 7) is 1.67. The second kappa shape index (κ2) is 8.12. The van der Waals surface area contributed by atoms with Crippen molar-refractivity contribution in [2.24, 2.45) is 17.8 Å². The van der Waals surface area contributed by atoms with Crippen LogP contribution in [0.15, 0.2) is 54.6 Å². The predicted octanol–water partition coefficient (Wildman–Crippen LogP) is 2.48. The summed E-state index contributed by atoms with van der Waals surface area (Å²) < 4.78 is 22.0. The lowest BCUT2D eigenvalue weighted by Gasteiger charge is -2.31. The molecule has 3 fully saturated rings. The second-order valence-electron chi connectivity index (χ2n) is 8.77. The molecule has 2 aromatic rings. The molecule has 2 aromatic carbocycles. The van der Waals surface area contributed by atoms with Crippen molar-refractivity contribution in [3.63, 3.8) is 0 Å². The van der Waals surface area contributed by atoms with E-state index in [0.29, 0.717) is 17.5 Å². The first-order valence-electron chi connectivity index (χ1n) is 10.8. The molecule has 0 aromatic heterocycles. The van der Waals surface area contributed by atoms with Crippen molar-refractivity contribution in [2.45, 2.75) is 25.0 Å². The second-order valence-corrected chi connectivity index (χ2v) is 8.77. The smallest absolute Gasteiger partial charge is 0.338 e. The number of carbonyl (C=O) groups excluding carboxylic acids is 4. The standard InChI is InChI=1S/C25H22O8/c1-14-6-5-9-16(10-14)22(27)31-13-25-11-17(12-30-21(26)15-7-3-2-4-8-15)20(33-25)18-19(25)24(29)32-23(18)28/h2-10,17-20H,11-13H2,1H3/t17-,18?,19?,20+,25-/m1/s1. The minimum absolute atomic E-state index is 0.0106. The number of esters is 4. The number of cyclic esters (lactones) is 2. The number of hydrogen-bond donors (Lipinski definition) is 0. The number of carbonyl (C=O) groups is 4. The summed E-state index contributed by atoms with van der Waals surface area (Å²) in [4.78, 5) is 49.7. The van der Waals surface area contributed by atoms with Gasteiger partial charge in [0.15, 0.2) is 0 Å². The molecule has 2 unspecified atom stereocenters. The van der Waals surface area contributed by atoms with Crippen molar-refractivity contribution in [1.29, 1.82) is 0 Å². The van der Waals surface area contributed by atoms with Crippen molar-refractivity contribution in [2.75, 3.05) is 13.2 Å². The molecule has 0 N–H and O–H groups in total. The summed E-state index contributed by atoms with van der Waals surface area (Å²) in [7, 11) is 0. The van der Waals surface area contributed by atoms with Gasteiger partial charge in [0.2, 0.25) is 0 Å². The van der Waals surface area contributed by atoms with Gasteiger partial charge in [-0.2, -0.15) is 0 Å². The molecular formula is C25H22O8. The first-order valence-corrected chi connectivity index (χ1v) is 10.8. The molecule has 170 valence electrons. The normalized spacial score (nSPS) is 29.5. The lowest BCUT2D eigenvalue weighted by Crippen LogP contribution is -2.47. The molecule has 3 aliphatic rings. The van der Waals surface area contributed by atoms with Gasteiger partial charge in [-0.1, -0.05) is 35.9 Å². The molecule has 0 aliphatic carbocycles. The summed E-state index contributed by atoms with van der Waals surface area (Å²) in [5, 5.41) is 0. The molecule has 0 radical (unpaired) electrons. The number of rotatable bonds is 6. The van der Waals surface area contributed by atoms with Crippen LogP contribution in [-0.4, -0.2) is 48.8 Å². The van der Waals surface area contributed by atoms with Gasteiger partial charge in [0, 0.05) is 5.92 Å². The fraction of sp³-hybridized carbons (Fsp3) is 0.360. The molecule has 3 heterocycles. The molecule has 5 atom stereocenters. The van der Waals surface area contributed by atoms with E-state index in [1.54, 1.807) is 48.5 Å². The highest BCUT2D eigenvalue weighted by Gasteiger charge is 2.72. The summed E-state index contributed by atoms with van der Waals surface area (Å²) >= 11 is 0. The van der Waals surface area contributed by atoms with E-state index in [0.717, 1.165) is 5.56 Å². The summed E-state index contributed by atoms with van der Waals surface area (Å²) in [6, 6.07) is 15.5. The Labute approximate surface area is 189 Å². The van der Waals surface area contributed by atoms with Crippen molar-refractivity contribution in [3.05, 3.63) is 71.3 Å². The molecule has 8 nitrogen and oxygen atoms in total. The molecule has 33 heavy (non-hydrogen) atoms. The van der Waals surface area contributed by atoms with Gasteiger partial charge >= 0.3 is 23.9 Å². The highest BCUT2D eigenvalue weighted by atomic mass is 16.6. The first kappa shape index (κ1) is 21.3. The lowest BCUT2D eigenvalue weighted by atomic mass is 9.69. The lowest BCUT2D eigenvalue weighted by molar-refractivity contribution is -0.160. The van der Waals surface area contributed by atoms with Crippen molar-refractivity contribution in [3.8, 4) is 0 Å². The number of ether oxygens (including phenoxy) is 4. The number of hydrogen-bond acceptors (Lipinski definition) is 8. The summed E-state index contributed by atoms with van der Waals surface area (Å²) in [5.74, 6) is -4.34. The Morgan fingerprint density at radius 1 is 0.970 bits per heavy atom. The van der Waals surface area contributed by atoms with Crippen LogP contribution in [0.1, 0.15) is 32.7 Å². The van der Waals surface area contributed by atoms with Gasteiger partial charge in [0.25, 0.3) is 0 Å². The topological polar surface area (TPSA) is 105 Å². The van der Waals surface area contributed by atoms with Crippen molar-refractivity contribution in [1.82, 2.24) is 0 Å². The Morgan fingerprint density at radius 2 is 1.70 bits per heavy atom. The highest BCUT2D eigenvalue weighted by Crippen LogP contribution is 2.57. The van der Waals surface area contributed by atoms with Crippen LogP contribution in [0.3, 0.4) is 0 Å². The Morgan fingerprint density at radius 3 is 2.45 bits per heavy atom. The molecule has 8 heteroatoms. The van der Waals surface area contributed by atoms with E-state index in [2.05, 4.69) is 0 Å². The number of fused-ring (bicyclic) bond motifs is 5.